The van der Waals surface area contributed by atoms with Gasteiger partial charge in [0.25, 0.3) is 5.91 Å². The Morgan fingerprint density at radius 1 is 1.38 bits per heavy atom. The third kappa shape index (κ3) is 2.45. The maximum atomic E-state index is 12.2. The van der Waals surface area contributed by atoms with Gasteiger partial charge in [0.2, 0.25) is 0 Å². The van der Waals surface area contributed by atoms with Gasteiger partial charge in [-0.1, -0.05) is 11.6 Å². The molecule has 0 aliphatic heterocycles. The molecule has 2 heterocycles. The average Bonchev–Trinajstić information content (AvgIpc) is 3.01. The number of hydrogen-bond donors (Lipinski definition) is 3. The van der Waals surface area contributed by atoms with Crippen LogP contribution in [0, 0.1) is 13.8 Å². The fraction of sp³-hybridized carbons (Fsp3) is 0.214. The summed E-state index contributed by atoms with van der Waals surface area (Å²) in [5.41, 5.74) is 2.17. The number of H-pyrrole nitrogens is 2. The summed E-state index contributed by atoms with van der Waals surface area (Å²) in [6, 6.07) is 5.76. The van der Waals surface area contributed by atoms with Crippen LogP contribution in [0.5, 0.6) is 0 Å². The largest absolute Gasteiger partial charge is 0.451 e. The Hall–Kier alpha value is -2.83. The number of nitrogens with one attached hydrogen (secondary N) is 3. The van der Waals surface area contributed by atoms with E-state index in [1.807, 2.05) is 32.0 Å². The van der Waals surface area contributed by atoms with Crippen molar-refractivity contribution in [2.24, 2.45) is 0 Å². The molecule has 0 aliphatic carbocycles. The highest BCUT2D eigenvalue weighted by Crippen LogP contribution is 2.26. The Morgan fingerprint density at radius 2 is 2.19 bits per heavy atom. The van der Waals surface area contributed by atoms with Crippen LogP contribution in [0.3, 0.4) is 0 Å². The van der Waals surface area contributed by atoms with Gasteiger partial charge >= 0.3 is 5.69 Å². The molecule has 108 valence electrons. The van der Waals surface area contributed by atoms with Crippen LogP contribution in [-0.2, 0) is 6.54 Å². The predicted molar refractivity (Wildman–Crippen MR) is 76.1 cm³/mol. The van der Waals surface area contributed by atoms with Gasteiger partial charge in [0, 0.05) is 10.9 Å². The topological polar surface area (TPSA) is 104 Å². The summed E-state index contributed by atoms with van der Waals surface area (Å²) >= 11 is 0. The smallest absolute Gasteiger partial charge is 0.340 e. The van der Waals surface area contributed by atoms with Crippen LogP contribution in [0.1, 0.15) is 27.5 Å². The highest BCUT2D eigenvalue weighted by atomic mass is 16.3. The zero-order chi connectivity index (χ0) is 15.0. The number of fused-ring (bicyclic) bond motifs is 1. The van der Waals surface area contributed by atoms with Crippen molar-refractivity contribution in [2.75, 3.05) is 0 Å². The van der Waals surface area contributed by atoms with Gasteiger partial charge in [-0.05, 0) is 26.0 Å². The van der Waals surface area contributed by atoms with Crippen LogP contribution in [0.25, 0.3) is 11.0 Å². The van der Waals surface area contributed by atoms with E-state index in [1.165, 1.54) is 0 Å². The lowest BCUT2D eigenvalue weighted by Gasteiger charge is -2.00. The molecule has 7 heteroatoms. The Balaban J connectivity index is 1.84. The minimum atomic E-state index is -0.408. The van der Waals surface area contributed by atoms with E-state index in [9.17, 15) is 9.59 Å². The van der Waals surface area contributed by atoms with E-state index in [1.54, 1.807) is 0 Å². The van der Waals surface area contributed by atoms with Gasteiger partial charge in [0.05, 0.1) is 6.54 Å². The molecule has 0 saturated heterocycles. The van der Waals surface area contributed by atoms with Crippen molar-refractivity contribution >= 4 is 16.9 Å². The fourth-order valence-corrected chi connectivity index (χ4v) is 2.18. The van der Waals surface area contributed by atoms with Crippen LogP contribution in [0.15, 0.2) is 27.4 Å². The zero-order valence-corrected chi connectivity index (χ0v) is 11.6. The third-order valence-electron chi connectivity index (χ3n) is 3.26. The van der Waals surface area contributed by atoms with Crippen molar-refractivity contribution in [1.82, 2.24) is 20.5 Å². The number of hydrogen-bond acceptors (Lipinski definition) is 4. The molecule has 0 aliphatic rings. The molecule has 1 aromatic carbocycles. The Morgan fingerprint density at radius 3 is 2.90 bits per heavy atom. The molecule has 21 heavy (non-hydrogen) atoms. The number of carbonyl (C=O) groups is 1. The monoisotopic (exact) mass is 286 g/mol. The van der Waals surface area contributed by atoms with Gasteiger partial charge in [-0.3, -0.25) is 9.78 Å². The van der Waals surface area contributed by atoms with Crippen molar-refractivity contribution in [3.8, 4) is 0 Å². The van der Waals surface area contributed by atoms with E-state index in [0.717, 1.165) is 16.5 Å². The van der Waals surface area contributed by atoms with Gasteiger partial charge in [-0.15, -0.1) is 0 Å². The summed E-state index contributed by atoms with van der Waals surface area (Å²) in [5, 5.41) is 9.54. The fourth-order valence-electron chi connectivity index (χ4n) is 2.18. The first-order valence-electron chi connectivity index (χ1n) is 6.46. The molecular formula is C14H14N4O3. The maximum absolute atomic E-state index is 12.2. The van der Waals surface area contributed by atoms with Crippen LogP contribution >= 0.6 is 0 Å². The standard InChI is InChI=1S/C14H14N4O3/c1-7-3-4-10-9(5-7)8(2)12(21-10)13(19)15-6-11-16-14(20)18-17-11/h3-5H,6H2,1-2H3,(H,15,19)(H2,16,17,18,20). The SMILES string of the molecule is Cc1ccc2oc(C(=O)NCc3n[nH]c(=O)[nH]3)c(C)c2c1. The first-order valence-corrected chi connectivity index (χ1v) is 6.46. The Labute approximate surface area is 119 Å². The van der Waals surface area contributed by atoms with E-state index in [0.29, 0.717) is 11.4 Å². The van der Waals surface area contributed by atoms with Crippen LogP contribution in [0.4, 0.5) is 0 Å². The minimum absolute atomic E-state index is 0.118. The maximum Gasteiger partial charge on any atom is 0.340 e. The number of aromatic amines is 2. The normalized spacial score (nSPS) is 11.0. The van der Waals surface area contributed by atoms with E-state index >= 15 is 0 Å². The molecule has 0 radical (unpaired) electrons. The van der Waals surface area contributed by atoms with E-state index < -0.39 is 5.69 Å². The second-order valence-corrected chi connectivity index (χ2v) is 4.86. The van der Waals surface area contributed by atoms with Crippen molar-refractivity contribution in [1.29, 1.82) is 0 Å². The summed E-state index contributed by atoms with van der Waals surface area (Å²) in [4.78, 5) is 25.5. The molecule has 0 bridgehead atoms. The number of nitrogens with zero attached hydrogens (tertiary/aromatic N) is 1. The molecule has 2 aromatic heterocycles. The first-order chi connectivity index (χ1) is 10.0. The Bertz CT molecular complexity index is 872. The average molecular weight is 286 g/mol. The third-order valence-corrected chi connectivity index (χ3v) is 3.26. The molecule has 3 rings (SSSR count). The minimum Gasteiger partial charge on any atom is -0.451 e. The van der Waals surface area contributed by atoms with Crippen molar-refractivity contribution in [3.05, 3.63) is 51.4 Å². The van der Waals surface area contributed by atoms with E-state index in [-0.39, 0.29) is 18.2 Å². The first kappa shape index (κ1) is 13.2. The van der Waals surface area contributed by atoms with Gasteiger partial charge < -0.3 is 9.73 Å². The highest BCUT2D eigenvalue weighted by Gasteiger charge is 2.17. The second-order valence-electron chi connectivity index (χ2n) is 4.86. The van der Waals surface area contributed by atoms with Crippen LogP contribution < -0.4 is 11.0 Å². The number of aromatic nitrogens is 3. The summed E-state index contributed by atoms with van der Waals surface area (Å²) < 4.78 is 5.60. The number of rotatable bonds is 3. The van der Waals surface area contributed by atoms with Gasteiger partial charge in [0.15, 0.2) is 5.76 Å². The quantitative estimate of drug-likeness (QED) is 0.676. The second kappa shape index (κ2) is 4.93. The number of aryl methyl sites for hydroxylation is 2. The molecule has 3 N–H and O–H groups in total. The van der Waals surface area contributed by atoms with E-state index in [4.69, 9.17) is 4.42 Å². The number of amides is 1. The molecule has 0 saturated carbocycles. The van der Waals surface area contributed by atoms with Crippen molar-refractivity contribution in [3.63, 3.8) is 0 Å². The predicted octanol–water partition coefficient (Wildman–Crippen LogP) is 1.39. The van der Waals surface area contributed by atoms with Crippen LogP contribution in [-0.4, -0.2) is 21.1 Å². The molecule has 0 spiro atoms. The summed E-state index contributed by atoms with van der Waals surface area (Å²) in [7, 11) is 0. The zero-order valence-electron chi connectivity index (χ0n) is 11.6. The summed E-state index contributed by atoms with van der Waals surface area (Å²) in [6.45, 7) is 3.95. The van der Waals surface area contributed by atoms with Crippen LogP contribution in [0.2, 0.25) is 0 Å². The summed E-state index contributed by atoms with van der Waals surface area (Å²) in [5.74, 6) is 0.289. The lowest BCUT2D eigenvalue weighted by molar-refractivity contribution is 0.0923. The molecule has 0 unspecified atom stereocenters. The summed E-state index contributed by atoms with van der Waals surface area (Å²) in [6.07, 6.45) is 0. The van der Waals surface area contributed by atoms with Gasteiger partial charge in [0.1, 0.15) is 11.4 Å². The number of furan rings is 1. The molecule has 0 atom stereocenters. The van der Waals surface area contributed by atoms with Crippen molar-refractivity contribution < 1.29 is 9.21 Å². The molecule has 3 aromatic rings. The van der Waals surface area contributed by atoms with E-state index in [2.05, 4.69) is 20.5 Å². The van der Waals surface area contributed by atoms with Gasteiger partial charge in [-0.25, -0.2) is 9.89 Å². The molecular weight excluding hydrogens is 272 g/mol. The number of benzene rings is 1. The molecule has 1 amide bonds. The van der Waals surface area contributed by atoms with Gasteiger partial charge in [-0.2, -0.15) is 5.10 Å². The molecule has 0 fully saturated rings. The lowest BCUT2D eigenvalue weighted by atomic mass is 10.1. The number of carbonyl (C=O) groups excluding carboxylic acids is 1. The lowest BCUT2D eigenvalue weighted by Crippen LogP contribution is -2.23. The molecule has 7 nitrogen and oxygen atoms in total. The van der Waals surface area contributed by atoms with Crippen molar-refractivity contribution in [2.45, 2.75) is 20.4 Å². The highest BCUT2D eigenvalue weighted by molar-refractivity contribution is 5.98. The Kier molecular flexibility index (Phi) is 3.09.